The minimum absolute atomic E-state index is 0.0693. The van der Waals surface area contributed by atoms with Gasteiger partial charge in [0.2, 0.25) is 5.91 Å². The molecule has 0 aliphatic carbocycles. The maximum atomic E-state index is 12.2. The van der Waals surface area contributed by atoms with Crippen LogP contribution in [0.3, 0.4) is 0 Å². The topological polar surface area (TPSA) is 57.6 Å². The first-order valence-electron chi connectivity index (χ1n) is 6.38. The van der Waals surface area contributed by atoms with E-state index in [1.807, 2.05) is 26.8 Å². The molecule has 0 fully saturated rings. The second-order valence-electron chi connectivity index (χ2n) is 4.22. The Morgan fingerprint density at radius 2 is 1.95 bits per heavy atom. The molecule has 0 aliphatic heterocycles. The fraction of sp³-hybridized carbons (Fsp3) is 0.429. The summed E-state index contributed by atoms with van der Waals surface area (Å²) < 4.78 is 0.539. The van der Waals surface area contributed by atoms with Crippen LogP contribution in [0.25, 0.3) is 0 Å². The Bertz CT molecular complexity index is 503. The number of nitrogens with zero attached hydrogens (tertiary/aromatic N) is 1. The van der Waals surface area contributed by atoms with Crippen LogP contribution in [0.15, 0.2) is 27.6 Å². The van der Waals surface area contributed by atoms with Crippen molar-refractivity contribution >= 4 is 39.6 Å². The van der Waals surface area contributed by atoms with E-state index in [4.69, 9.17) is 5.11 Å². The lowest BCUT2D eigenvalue weighted by Crippen LogP contribution is -2.36. The maximum absolute atomic E-state index is 12.2. The Balaban J connectivity index is 2.85. The largest absolute Gasteiger partial charge is 0.478 e. The van der Waals surface area contributed by atoms with Gasteiger partial charge in [-0.1, -0.05) is 0 Å². The molecule has 0 bridgehead atoms. The van der Waals surface area contributed by atoms with Crippen LogP contribution < -0.4 is 0 Å². The molecule has 0 saturated heterocycles. The highest BCUT2D eigenvalue weighted by molar-refractivity contribution is 9.10. The summed E-state index contributed by atoms with van der Waals surface area (Å²) in [5.74, 6) is -0.915. The van der Waals surface area contributed by atoms with Gasteiger partial charge in [-0.15, -0.1) is 11.8 Å². The van der Waals surface area contributed by atoms with Gasteiger partial charge in [0.25, 0.3) is 0 Å². The van der Waals surface area contributed by atoms with Crippen LogP contribution in [0, 0.1) is 0 Å². The first-order chi connectivity index (χ1) is 9.40. The normalized spacial score (nSPS) is 12.0. The molecule has 1 amide bonds. The number of carbonyl (C=O) groups excluding carboxylic acids is 1. The summed E-state index contributed by atoms with van der Waals surface area (Å²) in [4.78, 5) is 25.8. The van der Waals surface area contributed by atoms with Gasteiger partial charge in [-0.2, -0.15) is 0 Å². The summed E-state index contributed by atoms with van der Waals surface area (Å²) in [6.07, 6.45) is 0. The number of hydrogen-bond acceptors (Lipinski definition) is 3. The third kappa shape index (κ3) is 4.24. The van der Waals surface area contributed by atoms with Crippen LogP contribution >= 0.6 is 27.7 Å². The highest BCUT2D eigenvalue weighted by atomic mass is 79.9. The molecular formula is C14H18BrNO3S. The summed E-state index contributed by atoms with van der Waals surface area (Å²) in [5.41, 5.74) is 0.206. The van der Waals surface area contributed by atoms with Crippen molar-refractivity contribution in [1.82, 2.24) is 4.90 Å². The third-order valence-electron chi connectivity index (χ3n) is 2.90. The molecule has 110 valence electrons. The fourth-order valence-electron chi connectivity index (χ4n) is 1.79. The van der Waals surface area contributed by atoms with E-state index in [-0.39, 0.29) is 16.7 Å². The number of carboxylic acid groups (broad SMARTS) is 1. The molecule has 6 heteroatoms. The van der Waals surface area contributed by atoms with E-state index < -0.39 is 5.97 Å². The van der Waals surface area contributed by atoms with E-state index in [1.165, 1.54) is 11.8 Å². The molecule has 20 heavy (non-hydrogen) atoms. The predicted molar refractivity (Wildman–Crippen MR) is 84.3 cm³/mol. The molecule has 4 nitrogen and oxygen atoms in total. The van der Waals surface area contributed by atoms with Crippen molar-refractivity contribution in [2.45, 2.75) is 30.9 Å². The molecule has 1 atom stereocenters. The second kappa shape index (κ2) is 7.69. The number of carboxylic acids is 1. The molecule has 1 aromatic rings. The molecule has 0 saturated carbocycles. The van der Waals surface area contributed by atoms with E-state index >= 15 is 0 Å². The van der Waals surface area contributed by atoms with Crippen LogP contribution in [-0.2, 0) is 4.79 Å². The monoisotopic (exact) mass is 359 g/mol. The zero-order valence-corrected chi connectivity index (χ0v) is 14.1. The lowest BCUT2D eigenvalue weighted by molar-refractivity contribution is -0.129. The Morgan fingerprint density at radius 3 is 2.45 bits per heavy atom. The highest BCUT2D eigenvalue weighted by Gasteiger charge is 2.20. The third-order valence-corrected chi connectivity index (χ3v) is 4.68. The number of carbonyl (C=O) groups is 2. The van der Waals surface area contributed by atoms with Gasteiger partial charge in [-0.05, 0) is 54.9 Å². The molecule has 0 heterocycles. The summed E-state index contributed by atoms with van der Waals surface area (Å²) in [7, 11) is 0. The lowest BCUT2D eigenvalue weighted by Gasteiger charge is -2.22. The average molecular weight is 360 g/mol. The average Bonchev–Trinajstić information content (AvgIpc) is 2.41. The lowest BCUT2D eigenvalue weighted by atomic mass is 10.2. The van der Waals surface area contributed by atoms with Crippen LogP contribution in [0.1, 0.15) is 31.1 Å². The molecule has 0 aliphatic rings. The maximum Gasteiger partial charge on any atom is 0.336 e. The zero-order valence-electron chi connectivity index (χ0n) is 11.7. The van der Waals surface area contributed by atoms with E-state index in [0.717, 1.165) is 4.90 Å². The zero-order chi connectivity index (χ0) is 15.3. The van der Waals surface area contributed by atoms with Gasteiger partial charge < -0.3 is 10.0 Å². The number of aromatic carboxylic acids is 1. The van der Waals surface area contributed by atoms with Gasteiger partial charge in [-0.3, -0.25) is 4.79 Å². The van der Waals surface area contributed by atoms with E-state index in [0.29, 0.717) is 17.6 Å². The van der Waals surface area contributed by atoms with E-state index in [2.05, 4.69) is 15.9 Å². The van der Waals surface area contributed by atoms with Gasteiger partial charge in [-0.25, -0.2) is 4.79 Å². The first-order valence-corrected chi connectivity index (χ1v) is 8.06. The van der Waals surface area contributed by atoms with Crippen LogP contribution in [0.2, 0.25) is 0 Å². The minimum Gasteiger partial charge on any atom is -0.478 e. The van der Waals surface area contributed by atoms with Gasteiger partial charge in [0.15, 0.2) is 0 Å². The number of hydrogen-bond donors (Lipinski definition) is 1. The standard InChI is InChI=1S/C14H18BrNO3S/c1-4-16(5-2)13(17)9(3)20-10-6-7-12(15)11(8-10)14(18)19/h6-9H,4-5H2,1-3H3,(H,18,19). The number of benzene rings is 1. The molecule has 0 spiro atoms. The summed E-state index contributed by atoms with van der Waals surface area (Å²) in [6.45, 7) is 7.09. The smallest absolute Gasteiger partial charge is 0.336 e. The summed E-state index contributed by atoms with van der Waals surface area (Å²) in [5, 5.41) is 8.85. The Kier molecular flexibility index (Phi) is 6.55. The first kappa shape index (κ1) is 17.0. The predicted octanol–water partition coefficient (Wildman–Crippen LogP) is 3.50. The van der Waals surface area contributed by atoms with Gasteiger partial charge >= 0.3 is 5.97 Å². The van der Waals surface area contributed by atoms with Gasteiger partial charge in [0.1, 0.15) is 0 Å². The summed E-state index contributed by atoms with van der Waals surface area (Å²) in [6, 6.07) is 5.09. The van der Waals surface area contributed by atoms with Crippen molar-refractivity contribution in [2.75, 3.05) is 13.1 Å². The fourth-order valence-corrected chi connectivity index (χ4v) is 3.20. The Morgan fingerprint density at radius 1 is 1.35 bits per heavy atom. The van der Waals surface area contributed by atoms with Crippen molar-refractivity contribution in [3.8, 4) is 0 Å². The van der Waals surface area contributed by atoms with Crippen molar-refractivity contribution in [2.24, 2.45) is 0 Å². The van der Waals surface area contributed by atoms with E-state index in [9.17, 15) is 9.59 Å². The number of rotatable bonds is 6. The highest BCUT2D eigenvalue weighted by Crippen LogP contribution is 2.28. The Labute approximate surface area is 131 Å². The number of halogens is 1. The molecule has 0 radical (unpaired) electrons. The van der Waals surface area contributed by atoms with E-state index in [1.54, 1.807) is 17.0 Å². The minimum atomic E-state index is -0.984. The van der Waals surface area contributed by atoms with Crippen molar-refractivity contribution in [3.05, 3.63) is 28.2 Å². The second-order valence-corrected chi connectivity index (χ2v) is 6.49. The Hall–Kier alpha value is -1.01. The van der Waals surface area contributed by atoms with Gasteiger partial charge in [0.05, 0.1) is 10.8 Å². The SMILES string of the molecule is CCN(CC)C(=O)C(C)Sc1ccc(Br)c(C(=O)O)c1. The molecule has 1 aromatic carbocycles. The van der Waals surface area contributed by atoms with Crippen LogP contribution in [0.4, 0.5) is 0 Å². The van der Waals surface area contributed by atoms with Crippen molar-refractivity contribution < 1.29 is 14.7 Å². The van der Waals surface area contributed by atoms with Gasteiger partial charge in [0, 0.05) is 22.5 Å². The number of thioether (sulfide) groups is 1. The van der Waals surface area contributed by atoms with Crippen molar-refractivity contribution in [1.29, 1.82) is 0 Å². The van der Waals surface area contributed by atoms with Crippen molar-refractivity contribution in [3.63, 3.8) is 0 Å². The molecule has 1 unspecified atom stereocenters. The molecule has 1 N–H and O–H groups in total. The molecular weight excluding hydrogens is 342 g/mol. The molecule has 0 aromatic heterocycles. The quantitative estimate of drug-likeness (QED) is 0.789. The number of amides is 1. The molecule has 1 rings (SSSR count). The van der Waals surface area contributed by atoms with Crippen LogP contribution in [0.5, 0.6) is 0 Å². The summed E-state index contributed by atoms with van der Waals surface area (Å²) >= 11 is 4.58. The van der Waals surface area contributed by atoms with Crippen LogP contribution in [-0.4, -0.2) is 40.2 Å².